The average molecular weight is 476 g/mol. The van der Waals surface area contributed by atoms with Crippen LogP contribution < -0.4 is 0 Å². The number of pyridine rings is 1. The molecule has 0 unspecified atom stereocenters. The van der Waals surface area contributed by atoms with Gasteiger partial charge in [0.15, 0.2) is 11.4 Å². The van der Waals surface area contributed by atoms with E-state index in [-0.39, 0.29) is 5.78 Å². The van der Waals surface area contributed by atoms with Crippen molar-refractivity contribution in [3.8, 4) is 0 Å². The summed E-state index contributed by atoms with van der Waals surface area (Å²) in [7, 11) is 0. The molecule has 0 atom stereocenters. The van der Waals surface area contributed by atoms with Gasteiger partial charge in [-0.25, -0.2) is 9.97 Å². The molecule has 0 N–H and O–H groups in total. The average Bonchev–Trinajstić information content (AvgIpc) is 3.36. The van der Waals surface area contributed by atoms with Crippen LogP contribution in [-0.2, 0) is 19.4 Å². The topological polar surface area (TPSA) is 47.8 Å². The van der Waals surface area contributed by atoms with Crippen LogP contribution in [0.5, 0.6) is 0 Å². The highest BCUT2D eigenvalue weighted by molar-refractivity contribution is 6.44. The number of allylic oxidation sites excluding steroid dienone is 2. The Kier molecular flexibility index (Phi) is 5.59. The van der Waals surface area contributed by atoms with Gasteiger partial charge in [-0.05, 0) is 60.7 Å². The Hall–Kier alpha value is -2.95. The lowest BCUT2D eigenvalue weighted by Gasteiger charge is -2.14. The summed E-state index contributed by atoms with van der Waals surface area (Å²) in [4.78, 5) is 23.0. The first-order chi connectivity index (χ1) is 15.9. The van der Waals surface area contributed by atoms with E-state index in [4.69, 9.17) is 33.2 Å². The van der Waals surface area contributed by atoms with Crippen LogP contribution >= 0.6 is 23.2 Å². The fourth-order valence-corrected chi connectivity index (χ4v) is 5.28. The summed E-state index contributed by atoms with van der Waals surface area (Å²) in [5, 5.41) is 0.736. The predicted octanol–water partition coefficient (Wildman–Crippen LogP) is 6.79. The first-order valence-corrected chi connectivity index (χ1v) is 11.8. The molecule has 1 aliphatic rings. The molecule has 0 aliphatic heterocycles. The van der Waals surface area contributed by atoms with Crippen LogP contribution in [0.3, 0.4) is 0 Å². The molecule has 0 saturated heterocycles. The van der Waals surface area contributed by atoms with Crippen molar-refractivity contribution in [3.63, 3.8) is 0 Å². The van der Waals surface area contributed by atoms with Crippen molar-refractivity contribution in [2.45, 2.75) is 40.2 Å². The Balaban J connectivity index is 1.56. The third kappa shape index (κ3) is 3.68. The smallest absolute Gasteiger partial charge is 0.196 e. The molecule has 33 heavy (non-hydrogen) atoms. The van der Waals surface area contributed by atoms with Gasteiger partial charge in [-0.3, -0.25) is 4.79 Å². The molecule has 6 heteroatoms. The molecular formula is C27H23Cl2N3O. The first-order valence-electron chi connectivity index (χ1n) is 11.0. The molecule has 5 rings (SSSR count). The second-order valence-corrected chi connectivity index (χ2v) is 9.23. The Morgan fingerprint density at radius 3 is 2.52 bits per heavy atom. The molecule has 2 aromatic heterocycles. The fraction of sp³-hybridized carbons (Fsp3) is 0.222. The molecule has 0 fully saturated rings. The Morgan fingerprint density at radius 2 is 1.79 bits per heavy atom. The summed E-state index contributed by atoms with van der Waals surface area (Å²) >= 11 is 12.6. The molecule has 0 bridgehead atoms. The van der Waals surface area contributed by atoms with Crippen LogP contribution in [0.2, 0.25) is 10.0 Å². The molecule has 1 aliphatic carbocycles. The number of benzene rings is 2. The third-order valence-electron chi connectivity index (χ3n) is 6.25. The third-order valence-corrected chi connectivity index (χ3v) is 6.88. The van der Waals surface area contributed by atoms with Crippen molar-refractivity contribution in [1.82, 2.24) is 14.5 Å². The lowest BCUT2D eigenvalue weighted by Crippen LogP contribution is -2.09. The fourth-order valence-electron chi connectivity index (χ4n) is 4.71. The van der Waals surface area contributed by atoms with Crippen molar-refractivity contribution in [2.75, 3.05) is 0 Å². The number of hydrogen-bond donors (Lipinski definition) is 0. The van der Waals surface area contributed by atoms with Gasteiger partial charge >= 0.3 is 0 Å². The number of carbonyl (C=O) groups excluding carboxylic acids is 1. The van der Waals surface area contributed by atoms with Gasteiger partial charge in [0.1, 0.15) is 11.3 Å². The molecule has 0 radical (unpaired) electrons. The Morgan fingerprint density at radius 1 is 1.06 bits per heavy atom. The highest BCUT2D eigenvalue weighted by Crippen LogP contribution is 2.36. The van der Waals surface area contributed by atoms with Gasteiger partial charge in [0, 0.05) is 17.7 Å². The quantitative estimate of drug-likeness (QED) is 0.298. The highest BCUT2D eigenvalue weighted by atomic mass is 35.5. The van der Waals surface area contributed by atoms with Crippen LogP contribution in [0.15, 0.2) is 48.5 Å². The lowest BCUT2D eigenvalue weighted by molar-refractivity contribution is 0.105. The molecule has 4 nitrogen and oxygen atoms in total. The monoisotopic (exact) mass is 475 g/mol. The van der Waals surface area contributed by atoms with Crippen LogP contribution in [0.1, 0.15) is 51.1 Å². The molecule has 0 spiro atoms. The summed E-state index contributed by atoms with van der Waals surface area (Å²) in [6.45, 7) is 6.86. The molecule has 2 aromatic carbocycles. The van der Waals surface area contributed by atoms with E-state index >= 15 is 0 Å². The summed E-state index contributed by atoms with van der Waals surface area (Å²) in [6, 6.07) is 13.3. The van der Waals surface area contributed by atoms with E-state index in [0.29, 0.717) is 34.1 Å². The van der Waals surface area contributed by atoms with Crippen LogP contribution in [0, 0.1) is 13.8 Å². The van der Waals surface area contributed by atoms with Gasteiger partial charge in [0.2, 0.25) is 0 Å². The van der Waals surface area contributed by atoms with Crippen LogP contribution in [0.4, 0.5) is 0 Å². The minimum absolute atomic E-state index is 0.142. The highest BCUT2D eigenvalue weighted by Gasteiger charge is 2.26. The number of imidazole rings is 1. The molecular weight excluding hydrogens is 453 g/mol. The number of aryl methyl sites for hydroxylation is 3. The van der Waals surface area contributed by atoms with Crippen molar-refractivity contribution in [2.24, 2.45) is 0 Å². The zero-order chi connectivity index (χ0) is 23.3. The number of aromatic nitrogens is 3. The maximum atomic E-state index is 13.4. The van der Waals surface area contributed by atoms with Gasteiger partial charge in [-0.1, -0.05) is 60.5 Å². The standard InChI is InChI=1S/C27H23Cl2N3O/c1-4-23-31-25-15(2)13-16(3)30-27(25)32(23)14-17-7-5-8-19-18(17)11-12-20(19)26(33)24-21(28)9-6-10-22(24)29/h5-10,12-13H,4,11,14H2,1-3H3. The van der Waals surface area contributed by atoms with E-state index < -0.39 is 0 Å². The number of Topliss-reactive ketones (excluding diaryl/α,β-unsaturated/α-hetero) is 1. The molecule has 0 amide bonds. The maximum absolute atomic E-state index is 13.4. The SMILES string of the molecule is CCc1nc2c(C)cc(C)nc2n1Cc1cccc2c1CC=C2C(=O)c1c(Cl)cccc1Cl. The molecule has 2 heterocycles. The summed E-state index contributed by atoms with van der Waals surface area (Å²) in [5.74, 6) is 0.866. The second-order valence-electron chi connectivity index (χ2n) is 8.41. The molecule has 166 valence electrons. The Labute approximate surface area is 202 Å². The number of hydrogen-bond acceptors (Lipinski definition) is 3. The number of carbonyl (C=O) groups is 1. The molecule has 4 aromatic rings. The number of rotatable bonds is 5. The van der Waals surface area contributed by atoms with Crippen molar-refractivity contribution in [3.05, 3.63) is 97.9 Å². The van der Waals surface area contributed by atoms with E-state index in [0.717, 1.165) is 51.4 Å². The number of fused-ring (bicyclic) bond motifs is 2. The first kappa shape index (κ1) is 21.9. The Bertz CT molecular complexity index is 1450. The van der Waals surface area contributed by atoms with Gasteiger partial charge < -0.3 is 4.57 Å². The summed E-state index contributed by atoms with van der Waals surface area (Å²) in [5.41, 5.74) is 8.23. The zero-order valence-electron chi connectivity index (χ0n) is 18.7. The van der Waals surface area contributed by atoms with Gasteiger partial charge in [-0.2, -0.15) is 0 Å². The molecule has 0 saturated carbocycles. The summed E-state index contributed by atoms with van der Waals surface area (Å²) < 4.78 is 2.20. The van der Waals surface area contributed by atoms with Crippen molar-refractivity contribution in [1.29, 1.82) is 0 Å². The zero-order valence-corrected chi connectivity index (χ0v) is 20.3. The van der Waals surface area contributed by atoms with E-state index in [2.05, 4.69) is 30.5 Å². The van der Waals surface area contributed by atoms with Gasteiger partial charge in [0.05, 0.1) is 22.2 Å². The lowest BCUT2D eigenvalue weighted by atomic mass is 9.95. The van der Waals surface area contributed by atoms with Gasteiger partial charge in [0.25, 0.3) is 0 Å². The van der Waals surface area contributed by atoms with E-state index in [1.54, 1.807) is 18.2 Å². The van der Waals surface area contributed by atoms with Crippen LogP contribution in [0.25, 0.3) is 16.7 Å². The van der Waals surface area contributed by atoms with Crippen molar-refractivity contribution >= 4 is 45.7 Å². The minimum Gasteiger partial charge on any atom is -0.308 e. The van der Waals surface area contributed by atoms with E-state index in [1.165, 1.54) is 0 Å². The number of ketones is 1. The normalized spacial score (nSPS) is 12.8. The summed E-state index contributed by atoms with van der Waals surface area (Å²) in [6.07, 6.45) is 3.49. The number of nitrogens with zero attached hydrogens (tertiary/aromatic N) is 3. The largest absolute Gasteiger partial charge is 0.308 e. The predicted molar refractivity (Wildman–Crippen MR) is 134 cm³/mol. The van der Waals surface area contributed by atoms with E-state index in [1.807, 2.05) is 25.1 Å². The number of halogens is 2. The maximum Gasteiger partial charge on any atom is 0.196 e. The minimum atomic E-state index is -0.142. The second kappa shape index (κ2) is 8.44. The van der Waals surface area contributed by atoms with Crippen LogP contribution in [-0.4, -0.2) is 20.3 Å². The van der Waals surface area contributed by atoms with E-state index in [9.17, 15) is 4.79 Å². The van der Waals surface area contributed by atoms with Gasteiger partial charge in [-0.15, -0.1) is 0 Å². The van der Waals surface area contributed by atoms with Crippen molar-refractivity contribution < 1.29 is 4.79 Å².